The minimum Gasteiger partial charge on any atom is -0.398 e. The number of imidazole rings is 1. The Morgan fingerprint density at radius 2 is 1.38 bits per heavy atom. The van der Waals surface area contributed by atoms with Gasteiger partial charge in [-0.2, -0.15) is 0 Å². The van der Waals surface area contributed by atoms with Crippen molar-refractivity contribution in [2.45, 2.75) is 6.92 Å². The Bertz CT molecular complexity index is 1570. The molecule has 34 heavy (non-hydrogen) atoms. The molecule has 2 aromatic heterocycles. The number of benzene rings is 3. The summed E-state index contributed by atoms with van der Waals surface area (Å²) in [4.78, 5) is 36.8. The third-order valence-electron chi connectivity index (χ3n) is 5.40. The Morgan fingerprint density at radius 1 is 0.765 bits per heavy atom. The van der Waals surface area contributed by atoms with Crippen LogP contribution in [0.15, 0.2) is 66.7 Å². The van der Waals surface area contributed by atoms with Crippen LogP contribution in [0.4, 0.5) is 23.0 Å². The molecule has 9 heteroatoms. The summed E-state index contributed by atoms with van der Waals surface area (Å²) in [6, 6.07) is 19.0. The second-order valence-electron chi connectivity index (χ2n) is 7.92. The summed E-state index contributed by atoms with van der Waals surface area (Å²) < 4.78 is 0. The van der Waals surface area contributed by atoms with E-state index in [2.05, 4.69) is 25.6 Å². The number of H-pyrrole nitrogens is 1. The van der Waals surface area contributed by atoms with Gasteiger partial charge in [0.2, 0.25) is 0 Å². The number of nitrogen functional groups attached to an aromatic ring is 2. The molecule has 0 radical (unpaired) electrons. The van der Waals surface area contributed by atoms with E-state index in [9.17, 15) is 9.59 Å². The summed E-state index contributed by atoms with van der Waals surface area (Å²) in [5, 5.41) is 6.41. The number of pyridine rings is 1. The van der Waals surface area contributed by atoms with Gasteiger partial charge in [0.05, 0.1) is 16.6 Å². The van der Waals surface area contributed by atoms with Crippen LogP contribution in [-0.4, -0.2) is 26.8 Å². The first-order valence-electron chi connectivity index (χ1n) is 10.5. The summed E-state index contributed by atoms with van der Waals surface area (Å²) in [6.45, 7) is 1.87. The average Bonchev–Trinajstić information content (AvgIpc) is 3.19. The Kier molecular flexibility index (Phi) is 5.06. The van der Waals surface area contributed by atoms with E-state index in [1.54, 1.807) is 66.7 Å². The number of hydrogen-bond acceptors (Lipinski definition) is 6. The molecule has 0 saturated carbocycles. The van der Waals surface area contributed by atoms with Crippen molar-refractivity contribution in [3.05, 3.63) is 83.6 Å². The number of nitrogens with one attached hydrogen (secondary N) is 3. The van der Waals surface area contributed by atoms with Gasteiger partial charge in [-0.1, -0.05) is 0 Å². The molecule has 7 N–H and O–H groups in total. The number of hydrogen-bond donors (Lipinski definition) is 5. The summed E-state index contributed by atoms with van der Waals surface area (Å²) in [6.07, 6.45) is 0. The van der Waals surface area contributed by atoms with Crippen LogP contribution >= 0.6 is 0 Å². The number of aryl methyl sites for hydroxylation is 1. The molecule has 0 saturated heterocycles. The first kappa shape index (κ1) is 21.0. The van der Waals surface area contributed by atoms with Gasteiger partial charge in [0, 0.05) is 39.3 Å². The molecule has 0 atom stereocenters. The second kappa shape index (κ2) is 8.21. The van der Waals surface area contributed by atoms with Crippen molar-refractivity contribution in [3.63, 3.8) is 0 Å². The topological polar surface area (TPSA) is 152 Å². The van der Waals surface area contributed by atoms with E-state index in [0.29, 0.717) is 39.7 Å². The highest BCUT2D eigenvalue weighted by atomic mass is 16.2. The van der Waals surface area contributed by atoms with Crippen molar-refractivity contribution < 1.29 is 9.59 Å². The standard InChI is InChI=1S/C25H21N7O2/c1-13-10-19(26)18-11-14(2-8-20(18)28-13)23(33)29-16-4-6-17(7-5-16)30-24(34)15-3-9-21-22(12-15)32-25(27)31-21/h2-12H,1H3,(H2,26,28)(H,29,33)(H,30,34)(H3,27,31,32). The van der Waals surface area contributed by atoms with Gasteiger partial charge in [0.25, 0.3) is 11.8 Å². The Morgan fingerprint density at radius 3 is 2.06 bits per heavy atom. The van der Waals surface area contributed by atoms with Gasteiger partial charge in [0.15, 0.2) is 5.95 Å². The minimum absolute atomic E-state index is 0.273. The highest BCUT2D eigenvalue weighted by Gasteiger charge is 2.11. The number of amides is 2. The van der Waals surface area contributed by atoms with Crippen molar-refractivity contribution in [1.29, 1.82) is 0 Å². The zero-order valence-electron chi connectivity index (χ0n) is 18.2. The normalized spacial score (nSPS) is 11.0. The molecule has 0 spiro atoms. The van der Waals surface area contributed by atoms with E-state index in [1.165, 1.54) is 0 Å². The van der Waals surface area contributed by atoms with Crippen molar-refractivity contribution in [2.24, 2.45) is 0 Å². The molecule has 3 aromatic carbocycles. The van der Waals surface area contributed by atoms with Gasteiger partial charge >= 0.3 is 0 Å². The number of rotatable bonds is 4. The van der Waals surface area contributed by atoms with Crippen LogP contribution in [0.2, 0.25) is 0 Å². The van der Waals surface area contributed by atoms with Crippen LogP contribution in [-0.2, 0) is 0 Å². The highest BCUT2D eigenvalue weighted by molar-refractivity contribution is 6.08. The van der Waals surface area contributed by atoms with E-state index in [-0.39, 0.29) is 11.8 Å². The summed E-state index contributed by atoms with van der Waals surface area (Å²) >= 11 is 0. The third kappa shape index (κ3) is 4.09. The lowest BCUT2D eigenvalue weighted by molar-refractivity contribution is 0.101. The lowest BCUT2D eigenvalue weighted by atomic mass is 10.1. The smallest absolute Gasteiger partial charge is 0.255 e. The molecule has 9 nitrogen and oxygen atoms in total. The predicted molar refractivity (Wildman–Crippen MR) is 134 cm³/mol. The van der Waals surface area contributed by atoms with Crippen LogP contribution in [0.1, 0.15) is 26.4 Å². The van der Waals surface area contributed by atoms with Crippen molar-refractivity contribution >= 4 is 56.8 Å². The van der Waals surface area contributed by atoms with Crippen molar-refractivity contribution in [1.82, 2.24) is 15.0 Å². The van der Waals surface area contributed by atoms with E-state index in [1.807, 2.05) is 6.92 Å². The molecule has 0 fully saturated rings. The lowest BCUT2D eigenvalue weighted by Crippen LogP contribution is -2.13. The number of aromatic nitrogens is 3. The van der Waals surface area contributed by atoms with Crippen LogP contribution < -0.4 is 22.1 Å². The zero-order valence-corrected chi connectivity index (χ0v) is 18.2. The molecular formula is C25H21N7O2. The maximum atomic E-state index is 12.7. The lowest BCUT2D eigenvalue weighted by Gasteiger charge is -2.09. The number of fused-ring (bicyclic) bond motifs is 2. The second-order valence-corrected chi connectivity index (χ2v) is 7.92. The Balaban J connectivity index is 1.27. The Hall–Kier alpha value is -4.92. The number of anilines is 4. The molecule has 2 heterocycles. The van der Waals surface area contributed by atoms with Crippen LogP contribution in [0, 0.1) is 6.92 Å². The molecule has 0 aliphatic heterocycles. The molecule has 5 aromatic rings. The van der Waals surface area contributed by atoms with Gasteiger partial charge in [-0.05, 0) is 73.7 Å². The van der Waals surface area contributed by atoms with Gasteiger partial charge in [0.1, 0.15) is 0 Å². The van der Waals surface area contributed by atoms with Crippen LogP contribution in [0.25, 0.3) is 21.9 Å². The first-order valence-corrected chi connectivity index (χ1v) is 10.5. The van der Waals surface area contributed by atoms with E-state index in [0.717, 1.165) is 22.1 Å². The largest absolute Gasteiger partial charge is 0.398 e. The highest BCUT2D eigenvalue weighted by Crippen LogP contribution is 2.23. The van der Waals surface area contributed by atoms with E-state index in [4.69, 9.17) is 11.5 Å². The number of aromatic amines is 1. The van der Waals surface area contributed by atoms with E-state index < -0.39 is 0 Å². The quantitative estimate of drug-likeness (QED) is 0.277. The molecular weight excluding hydrogens is 430 g/mol. The zero-order chi connectivity index (χ0) is 23.8. The number of nitrogens with zero attached hydrogens (tertiary/aromatic N) is 2. The fourth-order valence-electron chi connectivity index (χ4n) is 3.74. The van der Waals surface area contributed by atoms with Crippen LogP contribution in [0.5, 0.6) is 0 Å². The number of nitrogens with two attached hydrogens (primary N) is 2. The molecule has 5 rings (SSSR count). The number of carbonyl (C=O) groups excluding carboxylic acids is 2. The molecule has 0 bridgehead atoms. The molecule has 0 aliphatic rings. The summed E-state index contributed by atoms with van der Waals surface area (Å²) in [7, 11) is 0. The van der Waals surface area contributed by atoms with Gasteiger partial charge in [-0.25, -0.2) is 4.98 Å². The predicted octanol–water partition coefficient (Wildman–Crippen LogP) is 4.09. The monoisotopic (exact) mass is 451 g/mol. The van der Waals surface area contributed by atoms with Crippen molar-refractivity contribution in [3.8, 4) is 0 Å². The summed E-state index contributed by atoms with van der Waals surface area (Å²) in [5.74, 6) is -0.257. The fraction of sp³-hybridized carbons (Fsp3) is 0.0400. The minimum atomic E-state index is -0.280. The summed E-state index contributed by atoms with van der Waals surface area (Å²) in [5.41, 5.74) is 17.4. The molecule has 168 valence electrons. The molecule has 0 unspecified atom stereocenters. The fourth-order valence-corrected chi connectivity index (χ4v) is 3.74. The van der Waals surface area contributed by atoms with Crippen molar-refractivity contribution in [2.75, 3.05) is 22.1 Å². The third-order valence-corrected chi connectivity index (χ3v) is 5.40. The maximum Gasteiger partial charge on any atom is 0.255 e. The average molecular weight is 451 g/mol. The van der Waals surface area contributed by atoms with Gasteiger partial charge < -0.3 is 27.1 Å². The van der Waals surface area contributed by atoms with E-state index >= 15 is 0 Å². The molecule has 2 amide bonds. The maximum absolute atomic E-state index is 12.7. The SMILES string of the molecule is Cc1cc(N)c2cc(C(=O)Nc3ccc(NC(=O)c4ccc5[nH]c(N)nc5c4)cc3)ccc2n1. The number of carbonyl (C=O) groups is 2. The molecule has 0 aliphatic carbocycles. The Labute approximate surface area is 194 Å². The van der Waals surface area contributed by atoms with Gasteiger partial charge in [-0.15, -0.1) is 0 Å². The first-order chi connectivity index (χ1) is 16.4. The van der Waals surface area contributed by atoms with Crippen LogP contribution in [0.3, 0.4) is 0 Å². The van der Waals surface area contributed by atoms with Gasteiger partial charge in [-0.3, -0.25) is 14.6 Å².